The van der Waals surface area contributed by atoms with Crippen LogP contribution in [-0.2, 0) is 27.7 Å². The Kier molecular flexibility index (Phi) is 4.91. The van der Waals surface area contributed by atoms with Crippen LogP contribution in [0.25, 0.3) is 11.3 Å². The Balaban J connectivity index is 1.52. The number of carbonyl (C=O) groups is 1. The minimum absolute atomic E-state index is 0.135. The van der Waals surface area contributed by atoms with E-state index in [1.807, 2.05) is 18.2 Å². The molecule has 0 unspecified atom stereocenters. The van der Waals surface area contributed by atoms with E-state index in [2.05, 4.69) is 15.0 Å². The summed E-state index contributed by atoms with van der Waals surface area (Å²) in [6, 6.07) is 12.6. The van der Waals surface area contributed by atoms with Gasteiger partial charge in [0.05, 0.1) is 10.6 Å². The standard InChI is InChI=1S/C20H19N3O3S2/c1-13(24)21-17-8-5-15(6-9-17)19-12-27-20(22-19)23-28(25,26)18-10-7-14-3-2-4-16(14)11-18/h5-12H,2-4H2,1H3,(H,21,24)(H,22,23). The van der Waals surface area contributed by atoms with Crippen molar-refractivity contribution in [3.05, 3.63) is 59.0 Å². The molecule has 28 heavy (non-hydrogen) atoms. The van der Waals surface area contributed by atoms with Gasteiger partial charge in [-0.2, -0.15) is 0 Å². The van der Waals surface area contributed by atoms with Gasteiger partial charge in [-0.3, -0.25) is 9.52 Å². The molecule has 1 amide bonds. The van der Waals surface area contributed by atoms with Crippen LogP contribution in [-0.4, -0.2) is 19.3 Å². The largest absolute Gasteiger partial charge is 0.326 e. The number of sulfonamides is 1. The molecule has 1 heterocycles. The zero-order valence-electron chi connectivity index (χ0n) is 15.2. The molecule has 0 saturated carbocycles. The van der Waals surface area contributed by atoms with Crippen molar-refractivity contribution in [3.8, 4) is 11.3 Å². The molecule has 6 nitrogen and oxygen atoms in total. The van der Waals surface area contributed by atoms with E-state index in [4.69, 9.17) is 0 Å². The molecule has 144 valence electrons. The Hall–Kier alpha value is -2.71. The summed E-state index contributed by atoms with van der Waals surface area (Å²) >= 11 is 1.24. The topological polar surface area (TPSA) is 88.2 Å². The summed E-state index contributed by atoms with van der Waals surface area (Å²) in [5, 5.41) is 4.83. The van der Waals surface area contributed by atoms with Crippen LogP contribution >= 0.6 is 11.3 Å². The van der Waals surface area contributed by atoms with Gasteiger partial charge in [0.15, 0.2) is 5.13 Å². The number of carbonyl (C=O) groups excluding carboxylic acids is 1. The maximum absolute atomic E-state index is 12.7. The van der Waals surface area contributed by atoms with Crippen LogP contribution in [0.5, 0.6) is 0 Å². The highest BCUT2D eigenvalue weighted by Crippen LogP contribution is 2.29. The van der Waals surface area contributed by atoms with Crippen molar-refractivity contribution in [2.24, 2.45) is 0 Å². The van der Waals surface area contributed by atoms with E-state index in [1.54, 1.807) is 29.6 Å². The van der Waals surface area contributed by atoms with Gasteiger partial charge in [-0.05, 0) is 54.7 Å². The maximum atomic E-state index is 12.7. The van der Waals surface area contributed by atoms with Gasteiger partial charge in [0, 0.05) is 23.6 Å². The zero-order chi connectivity index (χ0) is 19.7. The number of thiazole rings is 1. The number of rotatable bonds is 5. The molecule has 1 aromatic heterocycles. The lowest BCUT2D eigenvalue weighted by Crippen LogP contribution is -2.13. The predicted octanol–water partition coefficient (Wildman–Crippen LogP) is 4.06. The molecule has 0 radical (unpaired) electrons. The summed E-state index contributed by atoms with van der Waals surface area (Å²) in [7, 11) is -3.67. The van der Waals surface area contributed by atoms with Crippen LogP contribution in [0.15, 0.2) is 52.7 Å². The van der Waals surface area contributed by atoms with Gasteiger partial charge in [0.1, 0.15) is 0 Å². The number of amides is 1. The third-order valence-corrected chi connectivity index (χ3v) is 6.83. The normalized spacial score (nSPS) is 13.2. The molecule has 2 N–H and O–H groups in total. The fourth-order valence-corrected chi connectivity index (χ4v) is 5.29. The second-order valence-electron chi connectivity index (χ2n) is 6.69. The van der Waals surface area contributed by atoms with Crippen molar-refractivity contribution in [2.45, 2.75) is 31.1 Å². The number of fused-ring (bicyclic) bond motifs is 1. The van der Waals surface area contributed by atoms with Crippen LogP contribution in [0.3, 0.4) is 0 Å². The first kappa shape index (κ1) is 18.6. The van der Waals surface area contributed by atoms with E-state index < -0.39 is 10.0 Å². The van der Waals surface area contributed by atoms with E-state index in [1.165, 1.54) is 23.8 Å². The summed E-state index contributed by atoms with van der Waals surface area (Å²) < 4.78 is 28.0. The molecule has 0 saturated heterocycles. The molecule has 0 fully saturated rings. The van der Waals surface area contributed by atoms with Crippen LogP contribution in [0.2, 0.25) is 0 Å². The third kappa shape index (κ3) is 3.93. The molecule has 1 aliphatic carbocycles. The first-order chi connectivity index (χ1) is 13.4. The van der Waals surface area contributed by atoms with Crippen LogP contribution in [0.4, 0.5) is 10.8 Å². The molecule has 0 bridgehead atoms. The summed E-state index contributed by atoms with van der Waals surface area (Å²) in [6.45, 7) is 1.45. The average molecular weight is 414 g/mol. The number of aryl methyl sites for hydroxylation is 2. The number of nitrogens with one attached hydrogen (secondary N) is 2. The van der Waals surface area contributed by atoms with Gasteiger partial charge >= 0.3 is 0 Å². The second-order valence-corrected chi connectivity index (χ2v) is 9.23. The summed E-state index contributed by atoms with van der Waals surface area (Å²) in [5.41, 5.74) is 4.56. The van der Waals surface area contributed by atoms with E-state index in [0.717, 1.165) is 30.4 Å². The van der Waals surface area contributed by atoms with E-state index in [9.17, 15) is 13.2 Å². The molecule has 0 spiro atoms. The van der Waals surface area contributed by atoms with Gasteiger partial charge in [0.25, 0.3) is 10.0 Å². The fourth-order valence-electron chi connectivity index (χ4n) is 3.27. The molecular formula is C20H19N3O3S2. The number of benzene rings is 2. The molecule has 2 aromatic carbocycles. The van der Waals surface area contributed by atoms with Crippen molar-refractivity contribution in [1.82, 2.24) is 4.98 Å². The summed E-state index contributed by atoms with van der Waals surface area (Å²) in [4.78, 5) is 15.8. The molecule has 4 rings (SSSR count). The highest BCUT2D eigenvalue weighted by atomic mass is 32.2. The molecule has 8 heteroatoms. The van der Waals surface area contributed by atoms with Gasteiger partial charge in [-0.1, -0.05) is 18.2 Å². The molecular weight excluding hydrogens is 394 g/mol. The number of hydrogen-bond donors (Lipinski definition) is 2. The first-order valence-corrected chi connectivity index (χ1v) is 11.3. The number of nitrogens with zero attached hydrogens (tertiary/aromatic N) is 1. The average Bonchev–Trinajstić information content (AvgIpc) is 3.30. The zero-order valence-corrected chi connectivity index (χ0v) is 16.9. The Morgan fingerprint density at radius 1 is 1.07 bits per heavy atom. The Labute approximate surface area is 167 Å². The van der Waals surface area contributed by atoms with Crippen molar-refractivity contribution in [2.75, 3.05) is 10.0 Å². The predicted molar refractivity (Wildman–Crippen MR) is 111 cm³/mol. The lowest BCUT2D eigenvalue weighted by Gasteiger charge is -2.07. The smallest absolute Gasteiger partial charge is 0.263 e. The Morgan fingerprint density at radius 2 is 1.82 bits per heavy atom. The van der Waals surface area contributed by atoms with Gasteiger partial charge in [-0.15, -0.1) is 11.3 Å². The highest BCUT2D eigenvalue weighted by Gasteiger charge is 2.20. The molecule has 3 aromatic rings. The lowest BCUT2D eigenvalue weighted by molar-refractivity contribution is -0.114. The molecule has 0 atom stereocenters. The summed E-state index contributed by atoms with van der Waals surface area (Å²) in [6.07, 6.45) is 3.01. The SMILES string of the molecule is CC(=O)Nc1ccc(-c2csc(NS(=O)(=O)c3ccc4c(c3)CCC4)n2)cc1. The minimum Gasteiger partial charge on any atom is -0.326 e. The van der Waals surface area contributed by atoms with Crippen LogP contribution in [0.1, 0.15) is 24.5 Å². The summed E-state index contributed by atoms with van der Waals surface area (Å²) in [5.74, 6) is -0.135. The minimum atomic E-state index is -3.67. The molecule has 0 aliphatic heterocycles. The molecule has 1 aliphatic rings. The number of aromatic nitrogens is 1. The number of anilines is 2. The van der Waals surface area contributed by atoms with Crippen molar-refractivity contribution >= 4 is 38.1 Å². The van der Waals surface area contributed by atoms with Crippen LogP contribution in [0, 0.1) is 0 Å². The highest BCUT2D eigenvalue weighted by molar-refractivity contribution is 7.93. The first-order valence-electron chi connectivity index (χ1n) is 8.89. The maximum Gasteiger partial charge on any atom is 0.263 e. The third-order valence-electron chi connectivity index (χ3n) is 4.61. The van der Waals surface area contributed by atoms with Gasteiger partial charge in [0.2, 0.25) is 5.91 Å². The fraction of sp³-hybridized carbons (Fsp3) is 0.200. The second kappa shape index (κ2) is 7.37. The quantitative estimate of drug-likeness (QED) is 0.660. The van der Waals surface area contributed by atoms with E-state index in [0.29, 0.717) is 16.5 Å². The van der Waals surface area contributed by atoms with Crippen LogP contribution < -0.4 is 10.0 Å². The van der Waals surface area contributed by atoms with E-state index in [-0.39, 0.29) is 10.8 Å². The monoisotopic (exact) mass is 413 g/mol. The van der Waals surface area contributed by atoms with Crippen molar-refractivity contribution in [1.29, 1.82) is 0 Å². The van der Waals surface area contributed by atoms with Gasteiger partial charge in [-0.25, -0.2) is 13.4 Å². The van der Waals surface area contributed by atoms with Crippen molar-refractivity contribution in [3.63, 3.8) is 0 Å². The van der Waals surface area contributed by atoms with Gasteiger partial charge < -0.3 is 5.32 Å². The van der Waals surface area contributed by atoms with E-state index >= 15 is 0 Å². The Bertz CT molecular complexity index is 1140. The Morgan fingerprint density at radius 3 is 2.57 bits per heavy atom. The lowest BCUT2D eigenvalue weighted by atomic mass is 10.1. The van der Waals surface area contributed by atoms with Crippen molar-refractivity contribution < 1.29 is 13.2 Å². The number of hydrogen-bond acceptors (Lipinski definition) is 5.